The van der Waals surface area contributed by atoms with Gasteiger partial charge in [-0.1, -0.05) is 37.3 Å². The molecule has 1 heteroatoms. The molecule has 0 aliphatic heterocycles. The molecule has 1 nitrogen and oxygen atoms in total. The van der Waals surface area contributed by atoms with Crippen LogP contribution >= 0.6 is 0 Å². The average molecular weight is 212 g/mol. The second-order valence-electron chi connectivity index (χ2n) is 3.51. The Morgan fingerprint density at radius 3 is 2.50 bits per heavy atom. The van der Waals surface area contributed by atoms with E-state index in [0.717, 1.165) is 24.0 Å². The Kier molecular flexibility index (Phi) is 5.86. The predicted molar refractivity (Wildman–Crippen MR) is 66.5 cm³/mol. The fourth-order valence-electron chi connectivity index (χ4n) is 1.17. The van der Waals surface area contributed by atoms with Crippen LogP contribution in [0.5, 0.6) is 0 Å². The number of hydrogen-bond donors (Lipinski definition) is 1. The minimum Gasteiger partial charge on any atom is -0.392 e. The van der Waals surface area contributed by atoms with E-state index < -0.39 is 0 Å². The van der Waals surface area contributed by atoms with E-state index >= 15 is 0 Å². The fourth-order valence-corrected chi connectivity index (χ4v) is 1.17. The van der Waals surface area contributed by atoms with Crippen molar-refractivity contribution >= 4 is 0 Å². The number of aliphatic hydroxyl groups excluding tert-OH is 1. The number of aliphatic hydroxyl groups is 1. The van der Waals surface area contributed by atoms with Crippen molar-refractivity contribution in [3.05, 3.63) is 35.4 Å². The van der Waals surface area contributed by atoms with Crippen LogP contribution in [0.2, 0.25) is 0 Å². The first kappa shape index (κ1) is 12.4. The lowest BCUT2D eigenvalue weighted by atomic mass is 10.1. The van der Waals surface area contributed by atoms with Gasteiger partial charge in [0.2, 0.25) is 0 Å². The zero-order valence-corrected chi connectivity index (χ0v) is 9.59. The van der Waals surface area contributed by atoms with Crippen LogP contribution in [0, 0.1) is 23.7 Å². The first-order valence-electron chi connectivity index (χ1n) is 5.55. The zero-order chi connectivity index (χ0) is 11.6. The lowest BCUT2D eigenvalue weighted by molar-refractivity contribution is 0.282. The molecule has 0 saturated carbocycles. The van der Waals surface area contributed by atoms with E-state index in [9.17, 15) is 0 Å². The lowest BCUT2D eigenvalue weighted by Gasteiger charge is -1.93. The number of unbranched alkanes of at least 4 members (excludes halogenated alkanes) is 2. The molecule has 16 heavy (non-hydrogen) atoms. The summed E-state index contributed by atoms with van der Waals surface area (Å²) in [6.45, 7) is 2.22. The number of benzene rings is 1. The standard InChI is InChI=1S/C15H16O/c1-2-3-4-5-6-7-8-14-9-11-15(13-16)12-10-14/h9-12,16H,2-4,13H2,1H3. The van der Waals surface area contributed by atoms with Gasteiger partial charge in [0.15, 0.2) is 0 Å². The van der Waals surface area contributed by atoms with Crippen molar-refractivity contribution in [2.24, 2.45) is 0 Å². The molecule has 0 radical (unpaired) electrons. The molecule has 0 saturated heterocycles. The fraction of sp³-hybridized carbons (Fsp3) is 0.333. The third kappa shape index (κ3) is 4.69. The minimum atomic E-state index is 0.0739. The lowest BCUT2D eigenvalue weighted by Crippen LogP contribution is -1.81. The van der Waals surface area contributed by atoms with E-state index in [-0.39, 0.29) is 6.61 Å². The molecule has 0 bridgehead atoms. The molecule has 0 fully saturated rings. The van der Waals surface area contributed by atoms with E-state index in [1.165, 1.54) is 6.42 Å². The largest absolute Gasteiger partial charge is 0.392 e. The maximum atomic E-state index is 8.87. The molecule has 0 aromatic heterocycles. The smallest absolute Gasteiger partial charge is 0.0681 e. The molecular formula is C15H16O. The summed E-state index contributed by atoms with van der Waals surface area (Å²) in [5.41, 5.74) is 1.83. The first-order valence-corrected chi connectivity index (χ1v) is 5.55. The molecule has 82 valence electrons. The number of rotatable bonds is 3. The molecule has 0 aliphatic rings. The second kappa shape index (κ2) is 7.57. The van der Waals surface area contributed by atoms with E-state index in [1.54, 1.807) is 0 Å². The van der Waals surface area contributed by atoms with Gasteiger partial charge in [-0.2, -0.15) is 0 Å². The van der Waals surface area contributed by atoms with Crippen LogP contribution < -0.4 is 0 Å². The highest BCUT2D eigenvalue weighted by molar-refractivity contribution is 5.40. The van der Waals surface area contributed by atoms with Crippen LogP contribution in [-0.4, -0.2) is 5.11 Å². The molecule has 0 aliphatic carbocycles. The van der Waals surface area contributed by atoms with Gasteiger partial charge in [-0.3, -0.25) is 0 Å². The highest BCUT2D eigenvalue weighted by Crippen LogP contribution is 2.02. The highest BCUT2D eigenvalue weighted by Gasteiger charge is 1.88. The molecular weight excluding hydrogens is 196 g/mol. The third-order valence-electron chi connectivity index (χ3n) is 2.15. The Balaban J connectivity index is 2.51. The number of hydrogen-bond acceptors (Lipinski definition) is 1. The summed E-state index contributed by atoms with van der Waals surface area (Å²) in [6.07, 6.45) is 3.24. The van der Waals surface area contributed by atoms with Crippen molar-refractivity contribution in [1.29, 1.82) is 0 Å². The summed E-state index contributed by atoms with van der Waals surface area (Å²) in [5.74, 6) is 11.6. The van der Waals surface area contributed by atoms with E-state index in [2.05, 4.69) is 30.6 Å². The average Bonchev–Trinajstić information content (AvgIpc) is 2.34. The van der Waals surface area contributed by atoms with Crippen molar-refractivity contribution in [2.45, 2.75) is 32.8 Å². The Hall–Kier alpha value is -1.70. The van der Waals surface area contributed by atoms with Crippen LogP contribution in [-0.2, 0) is 6.61 Å². The van der Waals surface area contributed by atoms with Crippen molar-refractivity contribution in [3.63, 3.8) is 0 Å². The SMILES string of the molecule is CCCCC#CC#Cc1ccc(CO)cc1. The van der Waals surface area contributed by atoms with Crippen LogP contribution in [0.25, 0.3) is 0 Å². The summed E-state index contributed by atoms with van der Waals surface area (Å²) in [6, 6.07) is 7.53. The van der Waals surface area contributed by atoms with Crippen LogP contribution in [0.4, 0.5) is 0 Å². The van der Waals surface area contributed by atoms with Crippen molar-refractivity contribution in [2.75, 3.05) is 0 Å². The van der Waals surface area contributed by atoms with Gasteiger partial charge in [0.25, 0.3) is 0 Å². The van der Waals surface area contributed by atoms with Gasteiger partial charge in [0.1, 0.15) is 0 Å². The highest BCUT2D eigenvalue weighted by atomic mass is 16.3. The summed E-state index contributed by atoms with van der Waals surface area (Å²) in [4.78, 5) is 0. The van der Waals surface area contributed by atoms with E-state index in [0.29, 0.717) is 0 Å². The molecule has 1 rings (SSSR count). The van der Waals surface area contributed by atoms with Crippen LogP contribution in [0.1, 0.15) is 37.3 Å². The Labute approximate surface area is 97.5 Å². The monoisotopic (exact) mass is 212 g/mol. The van der Waals surface area contributed by atoms with Gasteiger partial charge >= 0.3 is 0 Å². The predicted octanol–water partition coefficient (Wildman–Crippen LogP) is 2.72. The summed E-state index contributed by atoms with van der Waals surface area (Å²) in [5, 5.41) is 8.87. The van der Waals surface area contributed by atoms with Gasteiger partial charge in [-0.05, 0) is 36.0 Å². The third-order valence-corrected chi connectivity index (χ3v) is 2.15. The Morgan fingerprint density at radius 1 is 1.12 bits per heavy atom. The van der Waals surface area contributed by atoms with Crippen molar-refractivity contribution in [3.8, 4) is 23.7 Å². The van der Waals surface area contributed by atoms with Crippen molar-refractivity contribution in [1.82, 2.24) is 0 Å². The van der Waals surface area contributed by atoms with Crippen LogP contribution in [0.15, 0.2) is 24.3 Å². The topological polar surface area (TPSA) is 20.2 Å². The molecule has 0 heterocycles. The van der Waals surface area contributed by atoms with E-state index in [1.807, 2.05) is 24.3 Å². The summed E-state index contributed by atoms with van der Waals surface area (Å²) >= 11 is 0. The van der Waals surface area contributed by atoms with E-state index in [4.69, 9.17) is 5.11 Å². The van der Waals surface area contributed by atoms with Crippen LogP contribution in [0.3, 0.4) is 0 Å². The molecule has 1 aromatic rings. The summed E-state index contributed by atoms with van der Waals surface area (Å²) in [7, 11) is 0. The molecule has 1 N–H and O–H groups in total. The van der Waals surface area contributed by atoms with Gasteiger partial charge in [-0.15, -0.1) is 0 Å². The molecule has 1 aromatic carbocycles. The molecule has 0 atom stereocenters. The maximum Gasteiger partial charge on any atom is 0.0681 e. The van der Waals surface area contributed by atoms with Gasteiger partial charge in [0.05, 0.1) is 6.61 Å². The Morgan fingerprint density at radius 2 is 1.88 bits per heavy atom. The normalized spacial score (nSPS) is 8.62. The second-order valence-corrected chi connectivity index (χ2v) is 3.51. The quantitative estimate of drug-likeness (QED) is 0.603. The van der Waals surface area contributed by atoms with Gasteiger partial charge in [0, 0.05) is 12.0 Å². The molecule has 0 amide bonds. The maximum absolute atomic E-state index is 8.87. The molecule has 0 unspecified atom stereocenters. The van der Waals surface area contributed by atoms with Crippen molar-refractivity contribution < 1.29 is 5.11 Å². The van der Waals surface area contributed by atoms with Gasteiger partial charge < -0.3 is 5.11 Å². The first-order chi connectivity index (χ1) is 7.86. The minimum absolute atomic E-state index is 0.0739. The zero-order valence-electron chi connectivity index (χ0n) is 9.59. The van der Waals surface area contributed by atoms with Gasteiger partial charge in [-0.25, -0.2) is 0 Å². The Bertz CT molecular complexity index is 420. The summed E-state index contributed by atoms with van der Waals surface area (Å²) < 4.78 is 0. The molecule has 0 spiro atoms.